The molecule has 0 spiro atoms. The molecule has 0 bridgehead atoms. The van der Waals surface area contributed by atoms with Gasteiger partial charge in [-0.1, -0.05) is 17.7 Å². The summed E-state index contributed by atoms with van der Waals surface area (Å²) in [6, 6.07) is 5.73. The Kier molecular flexibility index (Phi) is 3.42. The lowest BCUT2D eigenvalue weighted by molar-refractivity contribution is -0.520. The van der Waals surface area contributed by atoms with Crippen LogP contribution in [-0.4, -0.2) is 22.9 Å². The third-order valence-corrected chi connectivity index (χ3v) is 4.09. The van der Waals surface area contributed by atoms with Crippen molar-refractivity contribution in [2.75, 3.05) is 7.11 Å². The Hall–Kier alpha value is -1.92. The lowest BCUT2D eigenvalue weighted by Gasteiger charge is -1.95. The van der Waals surface area contributed by atoms with Gasteiger partial charge in [-0.15, -0.1) is 11.3 Å². The van der Waals surface area contributed by atoms with Gasteiger partial charge in [-0.2, -0.15) is 4.40 Å². The SMILES string of the molecule is COc1c(C=O)n(Cc2cnc(Cl)s2)c2cccc[n+]12. The van der Waals surface area contributed by atoms with E-state index in [1.807, 2.05) is 33.4 Å². The van der Waals surface area contributed by atoms with Crippen LogP contribution in [0.25, 0.3) is 5.65 Å². The number of hydrogen-bond donors (Lipinski definition) is 0. The molecule has 3 heterocycles. The van der Waals surface area contributed by atoms with E-state index in [1.165, 1.54) is 11.3 Å². The number of thiazole rings is 1. The average molecular weight is 309 g/mol. The van der Waals surface area contributed by atoms with Gasteiger partial charge in [-0.3, -0.25) is 4.79 Å². The van der Waals surface area contributed by atoms with Crippen molar-refractivity contribution in [3.63, 3.8) is 0 Å². The minimum absolute atomic E-state index is 0.489. The van der Waals surface area contributed by atoms with Crippen LogP contribution in [0.15, 0.2) is 30.6 Å². The molecular formula is C13H11ClN3O2S+. The molecule has 0 aromatic carbocycles. The lowest BCUT2D eigenvalue weighted by atomic mass is 10.4. The molecular weight excluding hydrogens is 298 g/mol. The number of imidazole rings is 1. The summed E-state index contributed by atoms with van der Waals surface area (Å²) in [7, 11) is 1.55. The molecule has 102 valence electrons. The maximum absolute atomic E-state index is 11.4. The average Bonchev–Trinajstić information content (AvgIpc) is 3.01. The molecule has 0 aliphatic carbocycles. The van der Waals surface area contributed by atoms with Crippen molar-refractivity contribution in [3.8, 4) is 5.88 Å². The number of pyridine rings is 1. The van der Waals surface area contributed by atoms with E-state index in [2.05, 4.69) is 4.98 Å². The molecule has 0 N–H and O–H groups in total. The van der Waals surface area contributed by atoms with E-state index in [4.69, 9.17) is 16.3 Å². The number of halogens is 1. The van der Waals surface area contributed by atoms with Crippen molar-refractivity contribution < 1.29 is 13.9 Å². The van der Waals surface area contributed by atoms with Gasteiger partial charge in [0.25, 0.3) is 11.3 Å². The Morgan fingerprint density at radius 2 is 2.40 bits per heavy atom. The predicted octanol–water partition coefficient (Wildman–Crippen LogP) is 2.21. The van der Waals surface area contributed by atoms with Crippen LogP contribution in [0, 0.1) is 0 Å². The van der Waals surface area contributed by atoms with E-state index < -0.39 is 0 Å². The smallest absolute Gasteiger partial charge is 0.341 e. The second kappa shape index (κ2) is 5.22. The number of hydrogen-bond acceptors (Lipinski definition) is 4. The van der Waals surface area contributed by atoms with Crippen LogP contribution in [0.4, 0.5) is 0 Å². The Morgan fingerprint density at radius 1 is 1.55 bits per heavy atom. The normalized spacial score (nSPS) is 10.9. The predicted molar refractivity (Wildman–Crippen MR) is 75.8 cm³/mol. The van der Waals surface area contributed by atoms with Gasteiger partial charge in [-0.05, 0) is 6.07 Å². The Balaban J connectivity index is 2.20. The lowest BCUT2D eigenvalue weighted by Crippen LogP contribution is -2.21. The zero-order chi connectivity index (χ0) is 14.1. The molecule has 20 heavy (non-hydrogen) atoms. The van der Waals surface area contributed by atoms with Crippen LogP contribution >= 0.6 is 22.9 Å². The first-order valence-electron chi connectivity index (χ1n) is 5.87. The van der Waals surface area contributed by atoms with E-state index in [-0.39, 0.29) is 0 Å². The van der Waals surface area contributed by atoms with E-state index in [9.17, 15) is 4.79 Å². The first kappa shape index (κ1) is 13.1. The number of fused-ring (bicyclic) bond motifs is 1. The molecule has 7 heteroatoms. The van der Waals surface area contributed by atoms with Crippen LogP contribution in [0.3, 0.4) is 0 Å². The minimum atomic E-state index is 0.489. The number of aromatic nitrogens is 3. The minimum Gasteiger partial charge on any atom is -0.462 e. The molecule has 0 saturated heterocycles. The van der Waals surface area contributed by atoms with Crippen molar-refractivity contribution in [2.45, 2.75) is 6.54 Å². The molecule has 0 amide bonds. The zero-order valence-electron chi connectivity index (χ0n) is 10.6. The third-order valence-electron chi connectivity index (χ3n) is 2.99. The van der Waals surface area contributed by atoms with Gasteiger partial charge < -0.3 is 4.74 Å². The highest BCUT2D eigenvalue weighted by molar-refractivity contribution is 7.15. The van der Waals surface area contributed by atoms with Crippen LogP contribution in [0.2, 0.25) is 4.47 Å². The number of nitrogens with zero attached hydrogens (tertiary/aromatic N) is 3. The van der Waals surface area contributed by atoms with E-state index in [1.54, 1.807) is 13.3 Å². The molecule has 0 atom stereocenters. The molecule has 0 radical (unpaired) electrons. The van der Waals surface area contributed by atoms with E-state index in [0.29, 0.717) is 22.6 Å². The largest absolute Gasteiger partial charge is 0.462 e. The number of carbonyl (C=O) groups excluding carboxylic acids is 1. The first-order chi connectivity index (χ1) is 9.74. The molecule has 3 aromatic heterocycles. The number of aldehydes is 1. The molecule has 3 aromatic rings. The molecule has 0 saturated carbocycles. The second-order valence-electron chi connectivity index (χ2n) is 4.11. The summed E-state index contributed by atoms with van der Waals surface area (Å²) >= 11 is 7.24. The fourth-order valence-electron chi connectivity index (χ4n) is 2.18. The number of carbonyl (C=O) groups is 1. The van der Waals surface area contributed by atoms with Gasteiger partial charge in [0.15, 0.2) is 10.8 Å². The molecule has 5 nitrogen and oxygen atoms in total. The Bertz CT molecular complexity index is 781. The van der Waals surface area contributed by atoms with Gasteiger partial charge in [0.05, 0.1) is 18.2 Å². The van der Waals surface area contributed by atoms with E-state index in [0.717, 1.165) is 16.8 Å². The van der Waals surface area contributed by atoms with Crippen molar-refractivity contribution >= 4 is 34.9 Å². The van der Waals surface area contributed by atoms with Crippen molar-refractivity contribution in [1.82, 2.24) is 9.55 Å². The highest BCUT2D eigenvalue weighted by atomic mass is 35.5. The fraction of sp³-hybridized carbons (Fsp3) is 0.154. The van der Waals surface area contributed by atoms with Gasteiger partial charge in [0.1, 0.15) is 6.54 Å². The summed E-state index contributed by atoms with van der Waals surface area (Å²) in [4.78, 5) is 16.4. The van der Waals surface area contributed by atoms with Crippen LogP contribution in [-0.2, 0) is 6.54 Å². The zero-order valence-corrected chi connectivity index (χ0v) is 12.2. The Labute approximate surface area is 124 Å². The second-order valence-corrected chi connectivity index (χ2v) is 5.80. The maximum atomic E-state index is 11.4. The maximum Gasteiger partial charge on any atom is 0.341 e. The number of rotatable bonds is 4. The monoisotopic (exact) mass is 308 g/mol. The van der Waals surface area contributed by atoms with Crippen molar-refractivity contribution in [3.05, 3.63) is 45.6 Å². The van der Waals surface area contributed by atoms with Gasteiger partial charge in [0.2, 0.25) is 0 Å². The first-order valence-corrected chi connectivity index (χ1v) is 7.06. The topological polar surface area (TPSA) is 48.2 Å². The molecule has 0 aliphatic heterocycles. The van der Waals surface area contributed by atoms with Crippen molar-refractivity contribution in [2.24, 2.45) is 0 Å². The Morgan fingerprint density at radius 3 is 3.05 bits per heavy atom. The van der Waals surface area contributed by atoms with Gasteiger partial charge >= 0.3 is 5.88 Å². The number of methoxy groups -OCH3 is 1. The summed E-state index contributed by atoms with van der Waals surface area (Å²) in [6.07, 6.45) is 4.37. The highest BCUT2D eigenvalue weighted by Gasteiger charge is 2.26. The molecule has 0 aliphatic rings. The highest BCUT2D eigenvalue weighted by Crippen LogP contribution is 2.22. The number of ether oxygens (including phenoxy) is 1. The molecule has 0 unspecified atom stereocenters. The quantitative estimate of drug-likeness (QED) is 0.548. The summed E-state index contributed by atoms with van der Waals surface area (Å²) < 4.78 is 9.56. The van der Waals surface area contributed by atoms with Crippen LogP contribution in [0.5, 0.6) is 5.88 Å². The van der Waals surface area contributed by atoms with Crippen molar-refractivity contribution in [1.29, 1.82) is 0 Å². The van der Waals surface area contributed by atoms with Crippen LogP contribution in [0.1, 0.15) is 15.4 Å². The summed E-state index contributed by atoms with van der Waals surface area (Å²) in [6.45, 7) is 0.523. The standard InChI is InChI=1S/C13H11ClN3O2S/c1-19-12-10(8-18)17(7-9-6-15-13(14)20-9)11-4-2-3-5-16(11)12/h2-6,8H,7H2,1H3/q+1. The summed E-state index contributed by atoms with van der Waals surface area (Å²) in [5.41, 5.74) is 1.36. The molecule has 3 rings (SSSR count). The van der Waals surface area contributed by atoms with Gasteiger partial charge in [-0.25, -0.2) is 9.55 Å². The summed E-state index contributed by atoms with van der Waals surface area (Å²) in [5.74, 6) is 0.520. The van der Waals surface area contributed by atoms with Gasteiger partial charge in [0, 0.05) is 12.3 Å². The molecule has 0 fully saturated rings. The van der Waals surface area contributed by atoms with E-state index >= 15 is 0 Å². The fourth-order valence-corrected chi connectivity index (χ4v) is 3.15. The van der Waals surface area contributed by atoms with Crippen LogP contribution < -0.4 is 9.14 Å². The summed E-state index contributed by atoms with van der Waals surface area (Å²) in [5, 5.41) is 0. The third kappa shape index (κ3) is 2.07.